The number of benzene rings is 1. The highest BCUT2D eigenvalue weighted by Crippen LogP contribution is 2.47. The zero-order chi connectivity index (χ0) is 15.3. The third-order valence-electron chi connectivity index (χ3n) is 4.57. The third-order valence-corrected chi connectivity index (χ3v) is 5.19. The molecule has 0 heterocycles. The smallest absolute Gasteiger partial charge is 0.133 e. The van der Waals surface area contributed by atoms with E-state index in [1.165, 1.54) is 31.2 Å². The molecule has 1 atom stereocenters. The normalized spacial score (nSPS) is 18.7. The Labute approximate surface area is 136 Å². The van der Waals surface area contributed by atoms with Crippen molar-refractivity contribution in [3.8, 4) is 5.75 Å². The first-order valence-electron chi connectivity index (χ1n) is 7.69. The number of hydrogen-bond donors (Lipinski definition) is 1. The van der Waals surface area contributed by atoms with Gasteiger partial charge in [-0.15, -0.1) is 0 Å². The van der Waals surface area contributed by atoms with Crippen LogP contribution >= 0.6 is 15.9 Å². The number of methoxy groups -OCH3 is 1. The Morgan fingerprint density at radius 2 is 2.00 bits per heavy atom. The van der Waals surface area contributed by atoms with Crippen LogP contribution in [0.4, 0.5) is 0 Å². The number of hydrogen-bond acceptors (Lipinski definition) is 3. The highest BCUT2D eigenvalue weighted by molar-refractivity contribution is 9.10. The Morgan fingerprint density at radius 3 is 2.57 bits per heavy atom. The average Bonchev–Trinajstić information content (AvgIpc) is 2.89. The van der Waals surface area contributed by atoms with E-state index < -0.39 is 0 Å². The summed E-state index contributed by atoms with van der Waals surface area (Å²) in [7, 11) is 3.74. The van der Waals surface area contributed by atoms with Gasteiger partial charge in [0.1, 0.15) is 12.4 Å². The van der Waals surface area contributed by atoms with E-state index in [1.54, 1.807) is 7.11 Å². The molecule has 1 aromatic rings. The maximum absolute atomic E-state index is 5.70. The Hall–Kier alpha value is -0.580. The third kappa shape index (κ3) is 3.99. The summed E-state index contributed by atoms with van der Waals surface area (Å²) in [4.78, 5) is 0. The minimum Gasteiger partial charge on any atom is -0.490 e. The zero-order valence-corrected chi connectivity index (χ0v) is 14.8. The second kappa shape index (κ2) is 7.61. The molecular weight excluding hydrogens is 330 g/mol. The molecule has 0 aliphatic heterocycles. The molecule has 0 spiro atoms. The van der Waals surface area contributed by atoms with Crippen molar-refractivity contribution in [1.82, 2.24) is 5.32 Å². The van der Waals surface area contributed by atoms with E-state index in [0.29, 0.717) is 24.7 Å². The van der Waals surface area contributed by atoms with Gasteiger partial charge in [0.05, 0.1) is 11.1 Å². The maximum atomic E-state index is 5.70. The molecule has 21 heavy (non-hydrogen) atoms. The van der Waals surface area contributed by atoms with Gasteiger partial charge in [-0.1, -0.05) is 25.8 Å². The monoisotopic (exact) mass is 355 g/mol. The van der Waals surface area contributed by atoms with Crippen molar-refractivity contribution in [1.29, 1.82) is 0 Å². The minimum absolute atomic E-state index is 0.354. The van der Waals surface area contributed by atoms with E-state index in [1.807, 2.05) is 0 Å². The fourth-order valence-corrected chi connectivity index (χ4v) is 3.95. The molecule has 1 aliphatic carbocycles. The second-order valence-electron chi connectivity index (χ2n) is 6.11. The fraction of sp³-hybridized carbons (Fsp3) is 0.647. The lowest BCUT2D eigenvalue weighted by Gasteiger charge is -2.34. The molecule has 1 saturated carbocycles. The molecule has 0 bridgehead atoms. The predicted octanol–water partition coefficient (Wildman–Crippen LogP) is 4.32. The first-order valence-corrected chi connectivity index (χ1v) is 8.48. The maximum Gasteiger partial charge on any atom is 0.133 e. The summed E-state index contributed by atoms with van der Waals surface area (Å²) < 4.78 is 11.7. The standard InChI is InChI=1S/C17H26BrNO2/c1-17(8-4-5-9-17)16(19-2)13-6-7-15(14(18)12-13)21-11-10-20-3/h6-7,12,16,19H,4-5,8-11H2,1-3H3. The van der Waals surface area contributed by atoms with Gasteiger partial charge in [0.15, 0.2) is 0 Å². The van der Waals surface area contributed by atoms with Gasteiger partial charge in [-0.05, 0) is 58.9 Å². The van der Waals surface area contributed by atoms with Gasteiger partial charge in [0, 0.05) is 13.2 Å². The SMILES string of the molecule is CNC(c1ccc(OCCOC)c(Br)c1)C1(C)CCCC1. The summed E-state index contributed by atoms with van der Waals surface area (Å²) in [6.07, 6.45) is 5.27. The Balaban J connectivity index is 2.13. The van der Waals surface area contributed by atoms with Gasteiger partial charge < -0.3 is 14.8 Å². The molecule has 1 aromatic carbocycles. The predicted molar refractivity (Wildman–Crippen MR) is 89.9 cm³/mol. The van der Waals surface area contributed by atoms with E-state index in [9.17, 15) is 0 Å². The Morgan fingerprint density at radius 1 is 1.29 bits per heavy atom. The topological polar surface area (TPSA) is 30.5 Å². The van der Waals surface area contributed by atoms with Crippen molar-refractivity contribution >= 4 is 15.9 Å². The molecule has 4 heteroatoms. The van der Waals surface area contributed by atoms with E-state index in [0.717, 1.165) is 10.2 Å². The number of halogens is 1. The summed E-state index contributed by atoms with van der Waals surface area (Å²) in [6, 6.07) is 6.81. The minimum atomic E-state index is 0.354. The number of ether oxygens (including phenoxy) is 2. The average molecular weight is 356 g/mol. The molecule has 118 valence electrons. The van der Waals surface area contributed by atoms with Crippen LogP contribution in [0.1, 0.15) is 44.2 Å². The van der Waals surface area contributed by atoms with Crippen LogP contribution in [0, 0.1) is 5.41 Å². The molecule has 0 saturated heterocycles. The van der Waals surface area contributed by atoms with Crippen LogP contribution in [0.3, 0.4) is 0 Å². The van der Waals surface area contributed by atoms with Crippen LogP contribution in [-0.2, 0) is 4.74 Å². The van der Waals surface area contributed by atoms with Crippen molar-refractivity contribution in [3.63, 3.8) is 0 Å². The van der Waals surface area contributed by atoms with Crippen molar-refractivity contribution in [3.05, 3.63) is 28.2 Å². The van der Waals surface area contributed by atoms with Crippen molar-refractivity contribution in [2.75, 3.05) is 27.4 Å². The van der Waals surface area contributed by atoms with Crippen LogP contribution in [0.2, 0.25) is 0 Å². The molecule has 1 aliphatic rings. The van der Waals surface area contributed by atoms with Crippen LogP contribution in [-0.4, -0.2) is 27.4 Å². The van der Waals surface area contributed by atoms with E-state index >= 15 is 0 Å². The lowest BCUT2D eigenvalue weighted by molar-refractivity contribution is 0.146. The summed E-state index contributed by atoms with van der Waals surface area (Å²) in [5, 5.41) is 3.52. The molecule has 1 N–H and O–H groups in total. The molecule has 2 rings (SSSR count). The molecule has 1 unspecified atom stereocenters. The number of nitrogens with one attached hydrogen (secondary N) is 1. The van der Waals surface area contributed by atoms with Crippen LogP contribution in [0.25, 0.3) is 0 Å². The van der Waals surface area contributed by atoms with Gasteiger partial charge >= 0.3 is 0 Å². The lowest BCUT2D eigenvalue weighted by atomic mass is 9.77. The quantitative estimate of drug-likeness (QED) is 0.739. The highest BCUT2D eigenvalue weighted by atomic mass is 79.9. The number of rotatable bonds is 7. The van der Waals surface area contributed by atoms with Crippen LogP contribution in [0.15, 0.2) is 22.7 Å². The van der Waals surface area contributed by atoms with Crippen molar-refractivity contribution in [2.24, 2.45) is 5.41 Å². The fourth-order valence-electron chi connectivity index (χ4n) is 3.44. The van der Waals surface area contributed by atoms with Crippen LogP contribution in [0.5, 0.6) is 5.75 Å². The molecule has 0 radical (unpaired) electrons. The van der Waals surface area contributed by atoms with E-state index in [-0.39, 0.29) is 0 Å². The molecule has 0 aromatic heterocycles. The van der Waals surface area contributed by atoms with Gasteiger partial charge in [-0.2, -0.15) is 0 Å². The van der Waals surface area contributed by atoms with E-state index in [2.05, 4.69) is 53.4 Å². The second-order valence-corrected chi connectivity index (χ2v) is 6.97. The van der Waals surface area contributed by atoms with Gasteiger partial charge in [-0.3, -0.25) is 0 Å². The highest BCUT2D eigenvalue weighted by Gasteiger charge is 2.37. The molecular formula is C17H26BrNO2. The van der Waals surface area contributed by atoms with Crippen molar-refractivity contribution < 1.29 is 9.47 Å². The van der Waals surface area contributed by atoms with Gasteiger partial charge in [0.25, 0.3) is 0 Å². The first-order chi connectivity index (χ1) is 10.1. The first kappa shape index (κ1) is 16.8. The van der Waals surface area contributed by atoms with Crippen molar-refractivity contribution in [2.45, 2.75) is 38.6 Å². The Kier molecular flexibility index (Phi) is 6.08. The van der Waals surface area contributed by atoms with E-state index in [4.69, 9.17) is 9.47 Å². The lowest BCUT2D eigenvalue weighted by Crippen LogP contribution is -2.32. The van der Waals surface area contributed by atoms with Gasteiger partial charge in [-0.25, -0.2) is 0 Å². The summed E-state index contributed by atoms with van der Waals surface area (Å²) >= 11 is 3.63. The summed E-state index contributed by atoms with van der Waals surface area (Å²) in [5.41, 5.74) is 1.68. The van der Waals surface area contributed by atoms with Gasteiger partial charge in [0.2, 0.25) is 0 Å². The Bertz CT molecular complexity index is 458. The summed E-state index contributed by atoms with van der Waals surface area (Å²) in [6.45, 7) is 3.57. The molecule has 0 amide bonds. The largest absolute Gasteiger partial charge is 0.490 e. The summed E-state index contributed by atoms with van der Waals surface area (Å²) in [5.74, 6) is 0.877. The molecule has 1 fully saturated rings. The molecule has 3 nitrogen and oxygen atoms in total. The zero-order valence-electron chi connectivity index (χ0n) is 13.2. The van der Waals surface area contributed by atoms with Crippen LogP contribution < -0.4 is 10.1 Å².